The van der Waals surface area contributed by atoms with Gasteiger partial charge in [0.15, 0.2) is 0 Å². The van der Waals surface area contributed by atoms with E-state index in [9.17, 15) is 4.79 Å². The molecule has 1 N–H and O–H groups in total. The highest BCUT2D eigenvalue weighted by atomic mass is 16.1. The van der Waals surface area contributed by atoms with Gasteiger partial charge in [-0.2, -0.15) is 0 Å². The zero-order chi connectivity index (χ0) is 17.5. The van der Waals surface area contributed by atoms with Gasteiger partial charge in [0, 0.05) is 56.6 Å². The van der Waals surface area contributed by atoms with Gasteiger partial charge in [0.2, 0.25) is 0 Å². The highest BCUT2D eigenvalue weighted by molar-refractivity contribution is 5.79. The molecule has 6 heteroatoms. The lowest BCUT2D eigenvalue weighted by Gasteiger charge is -2.19. The second-order valence-corrected chi connectivity index (χ2v) is 4.81. The Kier molecular flexibility index (Phi) is 12.0. The average Bonchev–Trinajstić information content (AvgIpc) is 2.61. The van der Waals surface area contributed by atoms with Crippen molar-refractivity contribution in [1.29, 1.82) is 0 Å². The quantitative estimate of drug-likeness (QED) is 0.679. The molecule has 0 amide bonds. The molecule has 0 aliphatic carbocycles. The Morgan fingerprint density at radius 1 is 1.30 bits per heavy atom. The Balaban J connectivity index is 0.000000414. The van der Waals surface area contributed by atoms with Gasteiger partial charge in [0.05, 0.1) is 6.34 Å². The van der Waals surface area contributed by atoms with E-state index in [0.29, 0.717) is 5.78 Å². The molecule has 0 radical (unpaired) electrons. The van der Waals surface area contributed by atoms with Gasteiger partial charge in [0.1, 0.15) is 12.6 Å². The molecule has 126 valence electrons. The minimum atomic E-state index is 0.420. The SMILES string of the molecule is C/C=C(\NC=NC)c1ccncc1.C=O.CN1CCC(=O)CC1. The molecule has 1 fully saturated rings. The van der Waals surface area contributed by atoms with Gasteiger partial charge >= 0.3 is 0 Å². The first-order valence-electron chi connectivity index (χ1n) is 7.40. The number of allylic oxidation sites excluding steroid dienone is 1. The van der Waals surface area contributed by atoms with Crippen LogP contribution in [0, 0.1) is 0 Å². The van der Waals surface area contributed by atoms with Crippen LogP contribution in [0.2, 0.25) is 0 Å². The normalized spacial score (nSPS) is 15.3. The van der Waals surface area contributed by atoms with Crippen molar-refractivity contribution in [3.63, 3.8) is 0 Å². The number of likely N-dealkylation sites (tertiary alicyclic amines) is 1. The number of hydrogen-bond acceptors (Lipinski definition) is 5. The fourth-order valence-electron chi connectivity index (χ4n) is 1.87. The minimum absolute atomic E-state index is 0.420. The largest absolute Gasteiger partial charge is 0.347 e. The van der Waals surface area contributed by atoms with Crippen molar-refractivity contribution in [3.8, 4) is 0 Å². The molecule has 6 nitrogen and oxygen atoms in total. The van der Waals surface area contributed by atoms with Crippen LogP contribution in [0.25, 0.3) is 5.70 Å². The molecule has 0 saturated carbocycles. The van der Waals surface area contributed by atoms with E-state index >= 15 is 0 Å². The highest BCUT2D eigenvalue weighted by Crippen LogP contribution is 2.08. The van der Waals surface area contributed by atoms with Crippen molar-refractivity contribution in [2.75, 3.05) is 27.2 Å². The van der Waals surface area contributed by atoms with Crippen LogP contribution in [0.1, 0.15) is 25.3 Å². The Morgan fingerprint density at radius 3 is 2.30 bits per heavy atom. The van der Waals surface area contributed by atoms with E-state index in [0.717, 1.165) is 37.2 Å². The van der Waals surface area contributed by atoms with Gasteiger partial charge in [-0.15, -0.1) is 0 Å². The topological polar surface area (TPSA) is 74.7 Å². The van der Waals surface area contributed by atoms with E-state index < -0.39 is 0 Å². The van der Waals surface area contributed by atoms with Crippen LogP contribution < -0.4 is 5.32 Å². The number of carbonyl (C=O) groups excluding carboxylic acids is 2. The molecule has 1 saturated heterocycles. The van der Waals surface area contributed by atoms with Gasteiger partial charge in [0.25, 0.3) is 0 Å². The number of aromatic nitrogens is 1. The van der Waals surface area contributed by atoms with E-state index in [1.165, 1.54) is 0 Å². The second-order valence-electron chi connectivity index (χ2n) is 4.81. The number of pyridine rings is 1. The van der Waals surface area contributed by atoms with Crippen LogP contribution in [-0.4, -0.2) is 56.0 Å². The predicted molar refractivity (Wildman–Crippen MR) is 94.3 cm³/mol. The summed E-state index contributed by atoms with van der Waals surface area (Å²) in [6.45, 7) is 5.89. The van der Waals surface area contributed by atoms with Crippen molar-refractivity contribution < 1.29 is 9.59 Å². The first-order chi connectivity index (χ1) is 11.2. The van der Waals surface area contributed by atoms with Gasteiger partial charge in [-0.3, -0.25) is 14.8 Å². The summed E-state index contributed by atoms with van der Waals surface area (Å²) in [4.78, 5) is 28.6. The van der Waals surface area contributed by atoms with E-state index in [2.05, 4.69) is 20.2 Å². The van der Waals surface area contributed by atoms with Gasteiger partial charge in [-0.05, 0) is 26.1 Å². The Bertz CT molecular complexity index is 491. The van der Waals surface area contributed by atoms with Crippen molar-refractivity contribution in [3.05, 3.63) is 36.2 Å². The molecule has 0 spiro atoms. The molecule has 1 aliphatic rings. The molecule has 1 aromatic heterocycles. The molecule has 1 aliphatic heterocycles. The molecule has 2 rings (SSSR count). The molecular formula is C17H26N4O2. The Morgan fingerprint density at radius 2 is 1.87 bits per heavy atom. The van der Waals surface area contributed by atoms with Crippen LogP contribution in [0.15, 0.2) is 35.6 Å². The number of nitrogens with one attached hydrogen (secondary N) is 1. The van der Waals surface area contributed by atoms with Crippen LogP contribution in [0.5, 0.6) is 0 Å². The molecule has 0 aromatic carbocycles. The fourth-order valence-corrected chi connectivity index (χ4v) is 1.87. The van der Waals surface area contributed by atoms with Crippen LogP contribution >= 0.6 is 0 Å². The molecule has 0 atom stereocenters. The summed E-state index contributed by atoms with van der Waals surface area (Å²) < 4.78 is 0. The van der Waals surface area contributed by atoms with Crippen molar-refractivity contribution in [2.45, 2.75) is 19.8 Å². The Labute approximate surface area is 138 Å². The van der Waals surface area contributed by atoms with E-state index in [1.54, 1.807) is 25.8 Å². The van der Waals surface area contributed by atoms with Crippen molar-refractivity contribution in [2.24, 2.45) is 4.99 Å². The molecule has 2 heterocycles. The van der Waals surface area contributed by atoms with Crippen molar-refractivity contribution >= 4 is 24.6 Å². The second kappa shape index (κ2) is 13.3. The lowest BCUT2D eigenvalue weighted by atomic mass is 10.1. The number of aliphatic imine (C=N–C) groups is 1. The molecular weight excluding hydrogens is 292 g/mol. The van der Waals surface area contributed by atoms with E-state index in [-0.39, 0.29) is 0 Å². The third-order valence-corrected chi connectivity index (χ3v) is 3.17. The molecule has 0 unspecified atom stereocenters. The number of carbonyl (C=O) groups is 2. The molecule has 1 aromatic rings. The van der Waals surface area contributed by atoms with Crippen LogP contribution in [0.3, 0.4) is 0 Å². The molecule has 0 bridgehead atoms. The summed E-state index contributed by atoms with van der Waals surface area (Å²) >= 11 is 0. The first-order valence-corrected chi connectivity index (χ1v) is 7.40. The standard InChI is InChI=1S/C10H13N3.C6H11NO.CH2O/c1-3-10(13-8-11-2)9-4-6-12-7-5-9;1-7-4-2-6(8)3-5-7;1-2/h3-8H,1-2H3,(H,11,13);2-5H2,1H3;1H2/b10-3-;;. The van der Waals surface area contributed by atoms with Crippen LogP contribution in [-0.2, 0) is 9.59 Å². The summed E-state index contributed by atoms with van der Waals surface area (Å²) in [6.07, 6.45) is 8.72. The number of Topliss-reactive ketones (excluding diaryl/α,β-unsaturated/α-hetero) is 1. The first kappa shape index (κ1) is 20.7. The number of ketones is 1. The fraction of sp³-hybridized carbons (Fsp3) is 0.412. The van der Waals surface area contributed by atoms with E-state index in [1.807, 2.05) is 39.0 Å². The van der Waals surface area contributed by atoms with Gasteiger partial charge in [-0.1, -0.05) is 6.08 Å². The lowest BCUT2D eigenvalue weighted by molar-refractivity contribution is -0.121. The summed E-state index contributed by atoms with van der Waals surface area (Å²) in [5.41, 5.74) is 2.14. The average molecular weight is 318 g/mol. The summed E-state index contributed by atoms with van der Waals surface area (Å²) in [5, 5.41) is 3.08. The minimum Gasteiger partial charge on any atom is -0.347 e. The smallest absolute Gasteiger partial charge is 0.135 e. The monoisotopic (exact) mass is 318 g/mol. The third-order valence-electron chi connectivity index (χ3n) is 3.17. The maximum absolute atomic E-state index is 10.6. The predicted octanol–water partition coefficient (Wildman–Crippen LogP) is 1.79. The highest BCUT2D eigenvalue weighted by Gasteiger charge is 2.10. The summed E-state index contributed by atoms with van der Waals surface area (Å²) in [7, 11) is 3.78. The summed E-state index contributed by atoms with van der Waals surface area (Å²) in [6, 6.07) is 3.90. The number of hydrogen-bond donors (Lipinski definition) is 1. The third kappa shape index (κ3) is 9.31. The van der Waals surface area contributed by atoms with Gasteiger partial charge in [-0.25, -0.2) is 0 Å². The zero-order valence-electron chi connectivity index (χ0n) is 14.2. The Hall–Kier alpha value is -2.34. The van der Waals surface area contributed by atoms with Gasteiger partial charge < -0.3 is 15.0 Å². The number of nitrogens with zero attached hydrogens (tertiary/aromatic N) is 3. The van der Waals surface area contributed by atoms with Crippen molar-refractivity contribution in [1.82, 2.24) is 15.2 Å². The number of piperidine rings is 1. The summed E-state index contributed by atoms with van der Waals surface area (Å²) in [5.74, 6) is 0.420. The maximum Gasteiger partial charge on any atom is 0.135 e. The molecule has 23 heavy (non-hydrogen) atoms. The van der Waals surface area contributed by atoms with E-state index in [4.69, 9.17) is 4.79 Å². The number of rotatable bonds is 3. The zero-order valence-corrected chi connectivity index (χ0v) is 14.2. The maximum atomic E-state index is 10.6. The van der Waals surface area contributed by atoms with Crippen LogP contribution in [0.4, 0.5) is 0 Å². The lowest BCUT2D eigenvalue weighted by Crippen LogP contribution is -2.29.